The van der Waals surface area contributed by atoms with E-state index < -0.39 is 0 Å². The molecular weight excluding hydrogens is 284 g/mol. The van der Waals surface area contributed by atoms with Gasteiger partial charge >= 0.3 is 0 Å². The smallest absolute Gasteiger partial charge is 0.213 e. The van der Waals surface area contributed by atoms with Crippen LogP contribution in [0.5, 0.6) is 5.88 Å². The number of ether oxygens (including phenoxy) is 1. The third-order valence-electron chi connectivity index (χ3n) is 3.64. The van der Waals surface area contributed by atoms with Gasteiger partial charge in [0.2, 0.25) is 5.88 Å². The van der Waals surface area contributed by atoms with Crippen molar-refractivity contribution in [1.29, 1.82) is 0 Å². The molecule has 0 unspecified atom stereocenters. The molecule has 0 atom stereocenters. The average molecular weight is 302 g/mol. The number of hydrogen-bond acceptors (Lipinski definition) is 5. The van der Waals surface area contributed by atoms with Crippen LogP contribution in [0.4, 0.5) is 0 Å². The number of thiophene rings is 1. The Balaban J connectivity index is 1.53. The molecule has 1 aliphatic rings. The molecule has 3 heterocycles. The molecule has 0 aliphatic carbocycles. The van der Waals surface area contributed by atoms with Gasteiger partial charge in [0.1, 0.15) is 6.61 Å². The van der Waals surface area contributed by atoms with E-state index in [-0.39, 0.29) is 5.78 Å². The third-order valence-corrected chi connectivity index (χ3v) is 4.32. The van der Waals surface area contributed by atoms with Gasteiger partial charge < -0.3 is 4.74 Å². The van der Waals surface area contributed by atoms with Gasteiger partial charge in [-0.25, -0.2) is 4.98 Å². The maximum atomic E-state index is 12.1. The van der Waals surface area contributed by atoms with Crippen LogP contribution >= 0.6 is 11.3 Å². The molecule has 0 saturated carbocycles. The fraction of sp³-hybridized carbons (Fsp3) is 0.375. The van der Waals surface area contributed by atoms with Crippen molar-refractivity contribution in [3.63, 3.8) is 0 Å². The third kappa shape index (κ3) is 3.68. The Kier molecular flexibility index (Phi) is 4.62. The van der Waals surface area contributed by atoms with Crippen LogP contribution in [0.1, 0.15) is 28.8 Å². The molecule has 2 aromatic rings. The normalized spacial score (nSPS) is 15.2. The van der Waals surface area contributed by atoms with E-state index in [9.17, 15) is 4.79 Å². The quantitative estimate of drug-likeness (QED) is 0.770. The minimum absolute atomic E-state index is 0.00682. The lowest BCUT2D eigenvalue weighted by molar-refractivity contribution is 0.103. The lowest BCUT2D eigenvalue weighted by Gasteiger charge is -2.14. The second-order valence-corrected chi connectivity index (χ2v) is 5.90. The fourth-order valence-electron chi connectivity index (χ4n) is 2.45. The van der Waals surface area contributed by atoms with Crippen LogP contribution in [0.25, 0.3) is 0 Å². The van der Waals surface area contributed by atoms with Gasteiger partial charge in [-0.1, -0.05) is 0 Å². The highest BCUT2D eigenvalue weighted by atomic mass is 32.1. The number of ketones is 1. The van der Waals surface area contributed by atoms with Gasteiger partial charge in [-0.05, 0) is 43.4 Å². The summed E-state index contributed by atoms with van der Waals surface area (Å²) in [5.74, 6) is 0.587. The SMILES string of the molecule is O=C(c1ccc(OCCN2CCCC2)nc1)c1ccsc1. The minimum Gasteiger partial charge on any atom is -0.476 e. The molecule has 1 saturated heterocycles. The van der Waals surface area contributed by atoms with Crippen molar-refractivity contribution < 1.29 is 9.53 Å². The predicted octanol–water partition coefficient (Wildman–Crippen LogP) is 2.85. The van der Waals surface area contributed by atoms with Crippen LogP contribution in [-0.4, -0.2) is 41.9 Å². The molecular formula is C16H18N2O2S. The number of carbonyl (C=O) groups excluding carboxylic acids is 1. The van der Waals surface area contributed by atoms with Gasteiger partial charge in [0.25, 0.3) is 0 Å². The van der Waals surface area contributed by atoms with Crippen LogP contribution in [-0.2, 0) is 0 Å². The topological polar surface area (TPSA) is 42.4 Å². The summed E-state index contributed by atoms with van der Waals surface area (Å²) in [7, 11) is 0. The van der Waals surface area contributed by atoms with Gasteiger partial charge in [0.15, 0.2) is 5.78 Å². The van der Waals surface area contributed by atoms with Crippen LogP contribution in [0, 0.1) is 0 Å². The van der Waals surface area contributed by atoms with E-state index in [0.29, 0.717) is 23.6 Å². The summed E-state index contributed by atoms with van der Waals surface area (Å²) in [4.78, 5) is 18.7. The molecule has 0 aromatic carbocycles. The first-order valence-electron chi connectivity index (χ1n) is 7.21. The standard InChI is InChI=1S/C16H18N2O2S/c19-16(14-5-10-21-12-14)13-3-4-15(17-11-13)20-9-8-18-6-1-2-7-18/h3-5,10-12H,1-2,6-9H2. The molecule has 4 nitrogen and oxygen atoms in total. The van der Waals surface area contributed by atoms with Crippen molar-refractivity contribution in [3.05, 3.63) is 46.3 Å². The average Bonchev–Trinajstić information content (AvgIpc) is 3.21. The van der Waals surface area contributed by atoms with Gasteiger partial charge in [-0.2, -0.15) is 11.3 Å². The zero-order chi connectivity index (χ0) is 14.5. The van der Waals surface area contributed by atoms with Crippen LogP contribution in [0.3, 0.4) is 0 Å². The molecule has 110 valence electrons. The van der Waals surface area contributed by atoms with Crippen molar-refractivity contribution in [1.82, 2.24) is 9.88 Å². The Bertz CT molecular complexity index is 575. The highest BCUT2D eigenvalue weighted by Crippen LogP contribution is 2.15. The maximum absolute atomic E-state index is 12.1. The van der Waals surface area contributed by atoms with E-state index in [0.717, 1.165) is 6.54 Å². The van der Waals surface area contributed by atoms with E-state index in [2.05, 4.69) is 9.88 Å². The summed E-state index contributed by atoms with van der Waals surface area (Å²) in [6.07, 6.45) is 4.17. The Hall–Kier alpha value is -1.72. The largest absolute Gasteiger partial charge is 0.476 e. The summed E-state index contributed by atoms with van der Waals surface area (Å²) in [6.45, 7) is 3.93. The Labute approximate surface area is 128 Å². The first-order valence-corrected chi connectivity index (χ1v) is 8.15. The Morgan fingerprint density at radius 2 is 2.10 bits per heavy atom. The van der Waals surface area contributed by atoms with E-state index in [1.54, 1.807) is 18.3 Å². The number of aromatic nitrogens is 1. The van der Waals surface area contributed by atoms with Gasteiger partial charge in [0.05, 0.1) is 0 Å². The molecule has 21 heavy (non-hydrogen) atoms. The van der Waals surface area contributed by atoms with Crippen molar-refractivity contribution in [2.75, 3.05) is 26.2 Å². The van der Waals surface area contributed by atoms with Crippen molar-refractivity contribution in [3.8, 4) is 5.88 Å². The maximum Gasteiger partial charge on any atom is 0.213 e. The molecule has 0 bridgehead atoms. The van der Waals surface area contributed by atoms with Gasteiger partial charge in [-0.3, -0.25) is 9.69 Å². The number of hydrogen-bond donors (Lipinski definition) is 0. The van der Waals surface area contributed by atoms with E-state index in [1.165, 1.54) is 37.3 Å². The lowest BCUT2D eigenvalue weighted by Crippen LogP contribution is -2.25. The molecule has 0 radical (unpaired) electrons. The number of pyridine rings is 1. The molecule has 1 aliphatic heterocycles. The van der Waals surface area contributed by atoms with Crippen molar-refractivity contribution in [2.24, 2.45) is 0 Å². The molecule has 1 fully saturated rings. The van der Waals surface area contributed by atoms with Crippen molar-refractivity contribution in [2.45, 2.75) is 12.8 Å². The second kappa shape index (κ2) is 6.83. The van der Waals surface area contributed by atoms with Crippen LogP contribution < -0.4 is 4.74 Å². The lowest BCUT2D eigenvalue weighted by atomic mass is 10.1. The van der Waals surface area contributed by atoms with E-state index in [1.807, 2.05) is 16.8 Å². The number of carbonyl (C=O) groups is 1. The highest BCUT2D eigenvalue weighted by molar-refractivity contribution is 7.08. The molecule has 0 N–H and O–H groups in total. The zero-order valence-corrected chi connectivity index (χ0v) is 12.6. The summed E-state index contributed by atoms with van der Waals surface area (Å²) in [6, 6.07) is 5.37. The summed E-state index contributed by atoms with van der Waals surface area (Å²) in [5, 5.41) is 3.75. The molecule has 2 aromatic heterocycles. The Morgan fingerprint density at radius 1 is 1.24 bits per heavy atom. The summed E-state index contributed by atoms with van der Waals surface area (Å²) >= 11 is 1.52. The van der Waals surface area contributed by atoms with Crippen molar-refractivity contribution >= 4 is 17.1 Å². The number of rotatable bonds is 6. The van der Waals surface area contributed by atoms with Crippen LogP contribution in [0.2, 0.25) is 0 Å². The minimum atomic E-state index is 0.00682. The first-order chi connectivity index (χ1) is 10.3. The van der Waals surface area contributed by atoms with Gasteiger partial charge in [0, 0.05) is 35.3 Å². The predicted molar refractivity (Wildman–Crippen MR) is 83.2 cm³/mol. The monoisotopic (exact) mass is 302 g/mol. The summed E-state index contributed by atoms with van der Waals surface area (Å²) in [5.41, 5.74) is 1.31. The molecule has 0 spiro atoms. The van der Waals surface area contributed by atoms with Crippen LogP contribution in [0.15, 0.2) is 35.2 Å². The number of nitrogens with zero attached hydrogens (tertiary/aromatic N) is 2. The van der Waals surface area contributed by atoms with Gasteiger partial charge in [-0.15, -0.1) is 0 Å². The second-order valence-electron chi connectivity index (χ2n) is 5.12. The molecule has 0 amide bonds. The Morgan fingerprint density at radius 3 is 2.76 bits per heavy atom. The highest BCUT2D eigenvalue weighted by Gasteiger charge is 2.12. The van der Waals surface area contributed by atoms with E-state index in [4.69, 9.17) is 4.74 Å². The number of likely N-dealkylation sites (tertiary alicyclic amines) is 1. The first kappa shape index (κ1) is 14.2. The fourth-order valence-corrected chi connectivity index (χ4v) is 3.08. The summed E-state index contributed by atoms with van der Waals surface area (Å²) < 4.78 is 5.63. The molecule has 3 rings (SSSR count). The molecule has 5 heteroatoms. The zero-order valence-electron chi connectivity index (χ0n) is 11.8. The van der Waals surface area contributed by atoms with E-state index >= 15 is 0 Å².